The Balaban J connectivity index is 1.83. The van der Waals surface area contributed by atoms with Crippen LogP contribution in [0.25, 0.3) is 27.8 Å². The van der Waals surface area contributed by atoms with Gasteiger partial charge in [0.05, 0.1) is 0 Å². The molecular formula is C59H86. The summed E-state index contributed by atoms with van der Waals surface area (Å²) in [7, 11) is 0. The molecule has 0 fully saturated rings. The van der Waals surface area contributed by atoms with Crippen LogP contribution < -0.4 is 0 Å². The summed E-state index contributed by atoms with van der Waals surface area (Å²) >= 11 is 0. The molecule has 0 heteroatoms. The highest BCUT2D eigenvalue weighted by molar-refractivity contribution is 5.84. The standard InChI is InChI=1S/C59H86/c1-16-20-23-25-38-59(39-26-24-21-17-2)55-40-48(31-34-53(55)54-35-32-49(41-56(54)59)58(13,14)15)43(6)28-30-47(27-22-18-3)51-36-37-52(46(9)45(51)8)50(42(5)19-4)33-29-44(7)57(10,11)12/h28-37,40-42H,16-27,38-39H2,1-15H3/b43-28+,44-29+,47-30+,50-33+/t42-/m0/s1. The molecule has 3 aromatic rings. The molecule has 0 unspecified atom stereocenters. The second kappa shape index (κ2) is 21.4. The van der Waals surface area contributed by atoms with Crippen LogP contribution in [-0.2, 0) is 10.8 Å². The molecule has 322 valence electrons. The van der Waals surface area contributed by atoms with E-state index in [0.29, 0.717) is 5.92 Å². The molecule has 0 spiro atoms. The Bertz CT molecular complexity index is 1960. The van der Waals surface area contributed by atoms with E-state index in [1.807, 2.05) is 0 Å². The second-order valence-electron chi connectivity index (χ2n) is 20.6. The minimum absolute atomic E-state index is 0.0754. The topological polar surface area (TPSA) is 0 Å². The van der Waals surface area contributed by atoms with Crippen molar-refractivity contribution in [2.45, 2.75) is 205 Å². The van der Waals surface area contributed by atoms with Crippen molar-refractivity contribution >= 4 is 16.7 Å². The molecule has 0 saturated carbocycles. The molecule has 0 aromatic heterocycles. The predicted octanol–water partition coefficient (Wildman–Crippen LogP) is 18.9. The fourth-order valence-electron chi connectivity index (χ4n) is 9.26. The summed E-state index contributed by atoms with van der Waals surface area (Å²) in [5, 5.41) is 0. The van der Waals surface area contributed by atoms with Gasteiger partial charge in [0.15, 0.2) is 0 Å². The maximum absolute atomic E-state index is 2.63. The molecule has 0 saturated heterocycles. The second-order valence-corrected chi connectivity index (χ2v) is 20.6. The number of rotatable bonds is 20. The van der Waals surface area contributed by atoms with Crippen LogP contribution in [0.4, 0.5) is 0 Å². The van der Waals surface area contributed by atoms with Crippen molar-refractivity contribution in [3.05, 3.63) is 123 Å². The molecule has 0 bridgehead atoms. The number of fused-ring (bicyclic) bond motifs is 3. The summed E-state index contributed by atoms with van der Waals surface area (Å²) in [6.07, 6.45) is 27.2. The quantitative estimate of drug-likeness (QED) is 0.0789. The van der Waals surface area contributed by atoms with Crippen molar-refractivity contribution in [1.29, 1.82) is 0 Å². The van der Waals surface area contributed by atoms with Crippen molar-refractivity contribution in [2.75, 3.05) is 0 Å². The van der Waals surface area contributed by atoms with E-state index < -0.39 is 0 Å². The van der Waals surface area contributed by atoms with Gasteiger partial charge in [0.25, 0.3) is 0 Å². The van der Waals surface area contributed by atoms with Crippen LogP contribution in [0.5, 0.6) is 0 Å². The van der Waals surface area contributed by atoms with E-state index in [-0.39, 0.29) is 16.2 Å². The fourth-order valence-corrected chi connectivity index (χ4v) is 9.26. The van der Waals surface area contributed by atoms with E-state index in [1.165, 1.54) is 144 Å². The third-order valence-electron chi connectivity index (χ3n) is 14.2. The molecule has 4 rings (SSSR count). The van der Waals surface area contributed by atoms with Gasteiger partial charge in [-0.15, -0.1) is 0 Å². The smallest absolute Gasteiger partial charge is 0.0215 e. The van der Waals surface area contributed by atoms with Crippen molar-refractivity contribution in [1.82, 2.24) is 0 Å². The average Bonchev–Trinajstić information content (AvgIpc) is 3.47. The highest BCUT2D eigenvalue weighted by Crippen LogP contribution is 2.55. The summed E-state index contributed by atoms with van der Waals surface area (Å²) in [4.78, 5) is 0. The Morgan fingerprint density at radius 3 is 1.73 bits per heavy atom. The highest BCUT2D eigenvalue weighted by atomic mass is 14.5. The predicted molar refractivity (Wildman–Crippen MR) is 267 cm³/mol. The average molecular weight is 795 g/mol. The molecule has 0 radical (unpaired) electrons. The summed E-state index contributed by atoms with van der Waals surface area (Å²) in [5.41, 5.74) is 20.7. The Hall–Kier alpha value is -3.38. The van der Waals surface area contributed by atoms with Crippen molar-refractivity contribution in [2.24, 2.45) is 11.3 Å². The van der Waals surface area contributed by atoms with Gasteiger partial charge in [0.1, 0.15) is 0 Å². The maximum atomic E-state index is 2.63. The van der Waals surface area contributed by atoms with Crippen LogP contribution in [0.2, 0.25) is 0 Å². The van der Waals surface area contributed by atoms with Gasteiger partial charge in [-0.25, -0.2) is 0 Å². The zero-order valence-electron chi connectivity index (χ0n) is 40.9. The van der Waals surface area contributed by atoms with Gasteiger partial charge in [-0.1, -0.05) is 206 Å². The van der Waals surface area contributed by atoms with E-state index in [1.54, 1.807) is 11.1 Å². The first-order valence-electron chi connectivity index (χ1n) is 24.1. The lowest BCUT2D eigenvalue weighted by Gasteiger charge is -2.34. The summed E-state index contributed by atoms with van der Waals surface area (Å²) in [5.74, 6) is 0.496. The van der Waals surface area contributed by atoms with E-state index in [0.717, 1.165) is 12.8 Å². The Morgan fingerprint density at radius 2 is 1.17 bits per heavy atom. The third-order valence-corrected chi connectivity index (χ3v) is 14.2. The molecule has 0 nitrogen and oxygen atoms in total. The van der Waals surface area contributed by atoms with Gasteiger partial charge < -0.3 is 0 Å². The zero-order chi connectivity index (χ0) is 43.5. The SMILES string of the molecule is CCCCCCC1(CCCCCC)c2cc(/C(C)=C/C=C(\CCCC)c3ccc(/C(=C/C=C(\C)C(C)(C)C)[C@@H](C)CC)c(C)c3C)ccc2-c2ccc(C(C)(C)C)cc21. The summed E-state index contributed by atoms with van der Waals surface area (Å²) in [6.45, 7) is 35.1. The Labute approximate surface area is 365 Å². The number of hydrogen-bond donors (Lipinski definition) is 0. The van der Waals surface area contributed by atoms with Crippen LogP contribution in [0, 0.1) is 25.2 Å². The number of allylic oxidation sites excluding steroid dienone is 8. The third kappa shape index (κ3) is 11.7. The minimum Gasteiger partial charge on any atom is -0.0679 e. The molecule has 59 heavy (non-hydrogen) atoms. The maximum Gasteiger partial charge on any atom is 0.0215 e. The first kappa shape index (κ1) is 48.3. The number of hydrogen-bond acceptors (Lipinski definition) is 0. The zero-order valence-corrected chi connectivity index (χ0v) is 40.9. The van der Waals surface area contributed by atoms with Gasteiger partial charge in [-0.05, 0) is 155 Å². The van der Waals surface area contributed by atoms with Crippen molar-refractivity contribution in [3.63, 3.8) is 0 Å². The lowest BCUT2D eigenvalue weighted by molar-refractivity contribution is 0.400. The van der Waals surface area contributed by atoms with Crippen LogP contribution in [0.15, 0.2) is 78.4 Å². The molecule has 1 aliphatic carbocycles. The van der Waals surface area contributed by atoms with Gasteiger partial charge in [0, 0.05) is 5.41 Å². The van der Waals surface area contributed by atoms with E-state index in [9.17, 15) is 0 Å². The molecule has 0 N–H and O–H groups in total. The Kier molecular flexibility index (Phi) is 17.5. The van der Waals surface area contributed by atoms with Crippen molar-refractivity contribution in [3.8, 4) is 11.1 Å². The monoisotopic (exact) mass is 795 g/mol. The Morgan fingerprint density at radius 1 is 0.610 bits per heavy atom. The van der Waals surface area contributed by atoms with E-state index in [4.69, 9.17) is 0 Å². The highest BCUT2D eigenvalue weighted by Gasteiger charge is 2.43. The van der Waals surface area contributed by atoms with Crippen LogP contribution in [0.3, 0.4) is 0 Å². The molecule has 3 aromatic carbocycles. The summed E-state index contributed by atoms with van der Waals surface area (Å²) in [6, 6.07) is 19.9. The lowest BCUT2D eigenvalue weighted by atomic mass is 9.69. The molecule has 0 heterocycles. The molecule has 1 aliphatic rings. The van der Waals surface area contributed by atoms with Gasteiger partial charge in [0.2, 0.25) is 0 Å². The van der Waals surface area contributed by atoms with Crippen LogP contribution in [-0.4, -0.2) is 0 Å². The summed E-state index contributed by atoms with van der Waals surface area (Å²) < 4.78 is 0. The lowest BCUT2D eigenvalue weighted by Crippen LogP contribution is -2.26. The molecule has 0 aliphatic heterocycles. The number of benzene rings is 3. The first-order chi connectivity index (χ1) is 27.9. The van der Waals surface area contributed by atoms with Gasteiger partial charge in [-0.3, -0.25) is 0 Å². The molecule has 1 atom stereocenters. The molecule has 0 amide bonds. The molecular weight excluding hydrogens is 709 g/mol. The number of unbranched alkanes of at least 4 members (excludes halogenated alkanes) is 7. The van der Waals surface area contributed by atoms with E-state index >= 15 is 0 Å². The van der Waals surface area contributed by atoms with E-state index in [2.05, 4.69) is 177 Å². The normalized spacial score (nSPS) is 15.4. The van der Waals surface area contributed by atoms with Crippen molar-refractivity contribution < 1.29 is 0 Å². The minimum atomic E-state index is 0.0754. The largest absolute Gasteiger partial charge is 0.0679 e. The van der Waals surface area contributed by atoms with Crippen LogP contribution >= 0.6 is 0 Å². The first-order valence-corrected chi connectivity index (χ1v) is 24.1. The van der Waals surface area contributed by atoms with Gasteiger partial charge in [-0.2, -0.15) is 0 Å². The van der Waals surface area contributed by atoms with Crippen LogP contribution in [0.1, 0.15) is 224 Å². The van der Waals surface area contributed by atoms with Gasteiger partial charge >= 0.3 is 0 Å². The fraction of sp³-hybridized carbons (Fsp3) is 0.559.